The molecule has 1 aliphatic carbocycles. The van der Waals surface area contributed by atoms with Gasteiger partial charge in [-0.15, -0.1) is 0 Å². The maximum Gasteiger partial charge on any atom is 0.421 e. The monoisotopic (exact) mass is 198 g/mol. The fourth-order valence-electron chi connectivity index (χ4n) is 2.38. The zero-order valence-corrected chi connectivity index (χ0v) is 8.42. The summed E-state index contributed by atoms with van der Waals surface area (Å²) in [7, 11) is 0. The predicted octanol–water partition coefficient (Wildman–Crippen LogP) is 1.57. The standard InChI is InChI=1S/C10H18N2O2/c13-10-12-11-7-9(14-10)8-5-3-1-2-4-6-8/h8-9,11H,1-7H2,(H,12,13). The van der Waals surface area contributed by atoms with E-state index in [1.807, 2.05) is 0 Å². The van der Waals surface area contributed by atoms with Crippen LogP contribution in [0.5, 0.6) is 0 Å². The normalized spacial score (nSPS) is 30.3. The van der Waals surface area contributed by atoms with Crippen molar-refractivity contribution in [3.05, 3.63) is 0 Å². The Hall–Kier alpha value is -0.770. The first-order valence-corrected chi connectivity index (χ1v) is 5.56. The molecule has 1 atom stereocenters. The Bertz CT molecular complexity index is 200. The number of hydrogen-bond donors (Lipinski definition) is 2. The van der Waals surface area contributed by atoms with Gasteiger partial charge in [0.25, 0.3) is 0 Å². The molecule has 80 valence electrons. The second-order valence-electron chi connectivity index (χ2n) is 4.20. The molecule has 0 bridgehead atoms. The first-order chi connectivity index (χ1) is 6.86. The quantitative estimate of drug-likeness (QED) is 0.629. The molecule has 1 amide bonds. The number of carbonyl (C=O) groups is 1. The third-order valence-electron chi connectivity index (χ3n) is 3.18. The van der Waals surface area contributed by atoms with Gasteiger partial charge < -0.3 is 4.74 Å². The van der Waals surface area contributed by atoms with Gasteiger partial charge in [0.2, 0.25) is 0 Å². The van der Waals surface area contributed by atoms with Crippen molar-refractivity contribution in [3.63, 3.8) is 0 Å². The van der Waals surface area contributed by atoms with Gasteiger partial charge in [0.05, 0.1) is 6.54 Å². The molecule has 1 saturated carbocycles. The van der Waals surface area contributed by atoms with Crippen molar-refractivity contribution in [2.24, 2.45) is 5.92 Å². The largest absolute Gasteiger partial charge is 0.444 e. The van der Waals surface area contributed by atoms with Crippen LogP contribution in [0, 0.1) is 5.92 Å². The van der Waals surface area contributed by atoms with Gasteiger partial charge in [-0.2, -0.15) is 0 Å². The molecule has 1 heterocycles. The van der Waals surface area contributed by atoms with E-state index in [-0.39, 0.29) is 12.2 Å². The summed E-state index contributed by atoms with van der Waals surface area (Å²) in [6, 6.07) is 0. The molecule has 0 aromatic rings. The van der Waals surface area contributed by atoms with Gasteiger partial charge in [-0.1, -0.05) is 25.7 Å². The fraction of sp³-hybridized carbons (Fsp3) is 0.900. The summed E-state index contributed by atoms with van der Waals surface area (Å²) < 4.78 is 5.27. The molecule has 0 aromatic carbocycles. The van der Waals surface area contributed by atoms with Gasteiger partial charge in [0, 0.05) is 0 Å². The Kier molecular flexibility index (Phi) is 3.24. The number of ether oxygens (including phenoxy) is 1. The summed E-state index contributed by atoms with van der Waals surface area (Å²) in [5.74, 6) is 0.566. The minimum absolute atomic E-state index is 0.0850. The van der Waals surface area contributed by atoms with Crippen LogP contribution in [0.3, 0.4) is 0 Å². The van der Waals surface area contributed by atoms with Crippen LogP contribution in [0.4, 0.5) is 4.79 Å². The van der Waals surface area contributed by atoms with Crippen LogP contribution < -0.4 is 10.9 Å². The van der Waals surface area contributed by atoms with Crippen molar-refractivity contribution in [1.29, 1.82) is 0 Å². The Morgan fingerprint density at radius 1 is 1.14 bits per heavy atom. The minimum atomic E-state index is -0.328. The molecule has 2 rings (SSSR count). The lowest BCUT2D eigenvalue weighted by molar-refractivity contribution is 0.0301. The van der Waals surface area contributed by atoms with Crippen molar-refractivity contribution < 1.29 is 9.53 Å². The molecule has 0 spiro atoms. The van der Waals surface area contributed by atoms with Crippen molar-refractivity contribution in [2.45, 2.75) is 44.6 Å². The number of cyclic esters (lactones) is 1. The first kappa shape index (κ1) is 9.77. The van der Waals surface area contributed by atoms with E-state index in [9.17, 15) is 4.79 Å². The summed E-state index contributed by atoms with van der Waals surface area (Å²) >= 11 is 0. The molecule has 4 heteroatoms. The van der Waals surface area contributed by atoms with E-state index in [0.29, 0.717) is 5.92 Å². The van der Waals surface area contributed by atoms with Gasteiger partial charge in [-0.05, 0) is 18.8 Å². The Morgan fingerprint density at radius 2 is 1.86 bits per heavy atom. The molecular weight excluding hydrogens is 180 g/mol. The van der Waals surface area contributed by atoms with Gasteiger partial charge in [-0.25, -0.2) is 10.2 Å². The summed E-state index contributed by atoms with van der Waals surface area (Å²) in [6.07, 6.45) is 7.41. The van der Waals surface area contributed by atoms with Crippen LogP contribution in [-0.2, 0) is 4.74 Å². The Labute approximate surface area is 84.4 Å². The van der Waals surface area contributed by atoms with Crippen molar-refractivity contribution >= 4 is 6.09 Å². The zero-order valence-electron chi connectivity index (χ0n) is 8.42. The van der Waals surface area contributed by atoms with E-state index in [1.165, 1.54) is 38.5 Å². The zero-order chi connectivity index (χ0) is 9.80. The predicted molar refractivity (Wildman–Crippen MR) is 52.6 cm³/mol. The van der Waals surface area contributed by atoms with E-state index >= 15 is 0 Å². The van der Waals surface area contributed by atoms with E-state index in [4.69, 9.17) is 4.74 Å². The molecule has 0 aromatic heterocycles. The van der Waals surface area contributed by atoms with Crippen molar-refractivity contribution in [2.75, 3.05) is 6.54 Å². The molecule has 14 heavy (non-hydrogen) atoms. The summed E-state index contributed by atoms with van der Waals surface area (Å²) in [5, 5.41) is 0. The molecule has 2 fully saturated rings. The number of hydrazine groups is 1. The lowest BCUT2D eigenvalue weighted by atomic mass is 9.94. The molecular formula is C10H18N2O2. The summed E-state index contributed by atoms with van der Waals surface area (Å²) in [4.78, 5) is 11.0. The molecule has 1 aliphatic heterocycles. The fourth-order valence-corrected chi connectivity index (χ4v) is 2.38. The van der Waals surface area contributed by atoms with Crippen LogP contribution in [-0.4, -0.2) is 18.7 Å². The van der Waals surface area contributed by atoms with E-state index in [2.05, 4.69) is 10.9 Å². The lowest BCUT2D eigenvalue weighted by Crippen LogP contribution is -2.52. The third-order valence-corrected chi connectivity index (χ3v) is 3.18. The second-order valence-corrected chi connectivity index (χ2v) is 4.20. The maximum absolute atomic E-state index is 11.0. The highest BCUT2D eigenvalue weighted by Gasteiger charge is 2.28. The Morgan fingerprint density at radius 3 is 2.50 bits per heavy atom. The van der Waals surface area contributed by atoms with Crippen molar-refractivity contribution in [1.82, 2.24) is 10.9 Å². The third kappa shape index (κ3) is 2.38. The highest BCUT2D eigenvalue weighted by molar-refractivity contribution is 5.67. The van der Waals surface area contributed by atoms with Gasteiger partial charge in [-0.3, -0.25) is 5.43 Å². The average molecular weight is 198 g/mol. The minimum Gasteiger partial charge on any atom is -0.444 e. The van der Waals surface area contributed by atoms with Gasteiger partial charge in [0.15, 0.2) is 0 Å². The molecule has 2 N–H and O–H groups in total. The highest BCUT2D eigenvalue weighted by atomic mass is 16.6. The number of amides is 1. The molecule has 1 saturated heterocycles. The Balaban J connectivity index is 1.88. The highest BCUT2D eigenvalue weighted by Crippen LogP contribution is 2.27. The van der Waals surface area contributed by atoms with E-state index in [1.54, 1.807) is 0 Å². The van der Waals surface area contributed by atoms with Crippen LogP contribution in [0.1, 0.15) is 38.5 Å². The maximum atomic E-state index is 11.0. The van der Waals surface area contributed by atoms with Crippen LogP contribution in [0.15, 0.2) is 0 Å². The average Bonchev–Trinajstić information content (AvgIpc) is 2.45. The SMILES string of the molecule is O=C1NNCC(C2CCCCCC2)O1. The summed E-state index contributed by atoms with van der Waals surface area (Å²) in [6.45, 7) is 0.746. The molecule has 4 nitrogen and oxygen atoms in total. The van der Waals surface area contributed by atoms with Crippen LogP contribution in [0.25, 0.3) is 0 Å². The van der Waals surface area contributed by atoms with E-state index in [0.717, 1.165) is 6.54 Å². The number of hydrogen-bond acceptors (Lipinski definition) is 3. The molecule has 2 aliphatic rings. The summed E-state index contributed by atoms with van der Waals surface area (Å²) in [5.41, 5.74) is 5.33. The topological polar surface area (TPSA) is 50.4 Å². The number of nitrogens with one attached hydrogen (secondary N) is 2. The van der Waals surface area contributed by atoms with E-state index < -0.39 is 0 Å². The lowest BCUT2D eigenvalue weighted by Gasteiger charge is -2.30. The van der Waals surface area contributed by atoms with Crippen LogP contribution >= 0.6 is 0 Å². The van der Waals surface area contributed by atoms with Gasteiger partial charge >= 0.3 is 6.09 Å². The van der Waals surface area contributed by atoms with Gasteiger partial charge in [0.1, 0.15) is 6.10 Å². The first-order valence-electron chi connectivity index (χ1n) is 5.56. The van der Waals surface area contributed by atoms with Crippen molar-refractivity contribution in [3.8, 4) is 0 Å². The number of rotatable bonds is 1. The molecule has 1 unspecified atom stereocenters. The smallest absolute Gasteiger partial charge is 0.421 e. The molecule has 0 radical (unpaired) electrons. The van der Waals surface area contributed by atoms with Crippen LogP contribution in [0.2, 0.25) is 0 Å². The second kappa shape index (κ2) is 4.64. The number of carbonyl (C=O) groups excluding carboxylic acids is 1.